The molecule has 8 N–H and O–H groups in total. The number of phenolic OH excluding ortho intramolecular Hbond substituents is 1. The number of aliphatic hydroxyl groups is 7. The van der Waals surface area contributed by atoms with Gasteiger partial charge in [0.25, 0.3) is 0 Å². The standard InChI is InChI=1S/C43H42O15/c1-21-40(52)43(54,55)41(53)42(56-21)58-33-17-30-36(37(49)29(33)15-25-9-4-10-26(18-45)31(25)20-47)39(51)34-27(19-46)16-32(57-22(2)48)28(35(34)38(30)50)12-11-24-7-3-6-23(14-24)8-5-13-44/h3-4,6-7,9-12,14,16-17,20-21,40-42,44-46,49,52-55H,5,8,13,15,18-19H2,1-2H3. The van der Waals surface area contributed by atoms with Gasteiger partial charge in [0, 0.05) is 53.3 Å². The minimum Gasteiger partial charge on any atom is -0.507 e. The fourth-order valence-corrected chi connectivity index (χ4v) is 7.29. The summed E-state index contributed by atoms with van der Waals surface area (Å²) in [6.07, 6.45) is -3.27. The van der Waals surface area contributed by atoms with Gasteiger partial charge in [0.05, 0.1) is 24.9 Å². The van der Waals surface area contributed by atoms with Crippen LogP contribution in [-0.4, -0.2) is 102 Å². The van der Waals surface area contributed by atoms with Crippen LogP contribution in [0.25, 0.3) is 12.2 Å². The third-order valence-electron chi connectivity index (χ3n) is 10.3. The molecular formula is C43H42O15. The maximum absolute atomic E-state index is 14.8. The normalized spacial score (nSPS) is 19.8. The average Bonchev–Trinajstić information content (AvgIpc) is 3.20. The van der Waals surface area contributed by atoms with Crippen molar-refractivity contribution >= 4 is 36.0 Å². The molecule has 0 radical (unpaired) electrons. The zero-order valence-corrected chi connectivity index (χ0v) is 31.4. The summed E-state index contributed by atoms with van der Waals surface area (Å²) in [5.74, 6) is -7.09. The van der Waals surface area contributed by atoms with Gasteiger partial charge in [0.2, 0.25) is 12.1 Å². The largest absolute Gasteiger partial charge is 0.507 e. The predicted octanol–water partition coefficient (Wildman–Crippen LogP) is 2.10. The summed E-state index contributed by atoms with van der Waals surface area (Å²) in [6, 6.07) is 14.1. The van der Waals surface area contributed by atoms with E-state index in [4.69, 9.17) is 14.2 Å². The predicted molar refractivity (Wildman–Crippen MR) is 204 cm³/mol. The number of carbonyl (C=O) groups excluding carboxylic acids is 4. The molecular weight excluding hydrogens is 756 g/mol. The van der Waals surface area contributed by atoms with Crippen LogP contribution in [0.3, 0.4) is 0 Å². The molecule has 6 rings (SSSR count). The van der Waals surface area contributed by atoms with Crippen LogP contribution in [0.15, 0.2) is 54.6 Å². The van der Waals surface area contributed by atoms with E-state index in [1.54, 1.807) is 18.2 Å². The molecule has 0 spiro atoms. The van der Waals surface area contributed by atoms with Gasteiger partial charge in [-0.3, -0.25) is 19.2 Å². The minimum absolute atomic E-state index is 0.00654. The Balaban J connectivity index is 1.57. The Hall–Kier alpha value is -5.62. The zero-order valence-electron chi connectivity index (χ0n) is 31.4. The van der Waals surface area contributed by atoms with Crippen LogP contribution in [0.2, 0.25) is 0 Å². The molecule has 58 heavy (non-hydrogen) atoms. The number of fused-ring (bicyclic) bond motifs is 2. The molecule has 0 bridgehead atoms. The Labute approximate surface area is 331 Å². The van der Waals surface area contributed by atoms with E-state index in [-0.39, 0.29) is 63.3 Å². The highest BCUT2D eigenvalue weighted by atomic mass is 16.7. The quantitative estimate of drug-likeness (QED) is 0.0279. The number of hydrogen-bond donors (Lipinski definition) is 8. The van der Waals surface area contributed by atoms with E-state index in [1.165, 1.54) is 37.3 Å². The van der Waals surface area contributed by atoms with Gasteiger partial charge in [-0.05, 0) is 65.8 Å². The van der Waals surface area contributed by atoms with E-state index in [0.29, 0.717) is 24.7 Å². The molecule has 1 aliphatic carbocycles. The highest BCUT2D eigenvalue weighted by molar-refractivity contribution is 6.31. The number of aldehydes is 1. The van der Waals surface area contributed by atoms with Gasteiger partial charge in [-0.15, -0.1) is 0 Å². The summed E-state index contributed by atoms with van der Waals surface area (Å²) >= 11 is 0. The van der Waals surface area contributed by atoms with Gasteiger partial charge in [-0.25, -0.2) is 0 Å². The first-order valence-corrected chi connectivity index (χ1v) is 18.3. The van der Waals surface area contributed by atoms with Crippen molar-refractivity contribution in [2.24, 2.45) is 0 Å². The van der Waals surface area contributed by atoms with Crippen LogP contribution in [-0.2, 0) is 35.6 Å². The first-order valence-electron chi connectivity index (χ1n) is 18.3. The molecule has 1 aliphatic heterocycles. The number of ether oxygens (including phenoxy) is 3. The average molecular weight is 799 g/mol. The lowest BCUT2D eigenvalue weighted by Crippen LogP contribution is -2.67. The Bertz CT molecular complexity index is 2310. The van der Waals surface area contributed by atoms with E-state index in [0.717, 1.165) is 18.6 Å². The van der Waals surface area contributed by atoms with E-state index in [1.807, 2.05) is 12.1 Å². The van der Waals surface area contributed by atoms with Crippen molar-refractivity contribution in [2.45, 2.75) is 76.7 Å². The second-order valence-corrected chi connectivity index (χ2v) is 14.1. The van der Waals surface area contributed by atoms with Gasteiger partial charge in [-0.1, -0.05) is 48.5 Å². The number of phenols is 1. The van der Waals surface area contributed by atoms with Crippen molar-refractivity contribution < 1.29 is 74.2 Å². The highest BCUT2D eigenvalue weighted by Gasteiger charge is 2.54. The van der Waals surface area contributed by atoms with Crippen molar-refractivity contribution in [3.05, 3.63) is 121 Å². The number of hydrogen-bond acceptors (Lipinski definition) is 15. The smallest absolute Gasteiger partial charge is 0.308 e. The number of benzene rings is 4. The molecule has 4 atom stereocenters. The summed E-state index contributed by atoms with van der Waals surface area (Å²) in [7, 11) is 0. The highest BCUT2D eigenvalue weighted by Crippen LogP contribution is 2.45. The lowest BCUT2D eigenvalue weighted by molar-refractivity contribution is -0.371. The van der Waals surface area contributed by atoms with E-state index < -0.39 is 83.8 Å². The van der Waals surface area contributed by atoms with Crippen molar-refractivity contribution in [3.8, 4) is 17.2 Å². The molecule has 1 fully saturated rings. The molecule has 2 aliphatic rings. The van der Waals surface area contributed by atoms with E-state index >= 15 is 0 Å². The Morgan fingerprint density at radius 3 is 2.22 bits per heavy atom. The van der Waals surface area contributed by atoms with E-state index in [9.17, 15) is 60.0 Å². The van der Waals surface area contributed by atoms with Gasteiger partial charge in [0.15, 0.2) is 24.0 Å². The van der Waals surface area contributed by atoms with Crippen molar-refractivity contribution in [3.63, 3.8) is 0 Å². The van der Waals surface area contributed by atoms with Crippen LogP contribution >= 0.6 is 0 Å². The lowest BCUT2D eigenvalue weighted by atomic mass is 9.77. The molecule has 0 amide bonds. The minimum atomic E-state index is -3.14. The van der Waals surface area contributed by atoms with Gasteiger partial charge >= 0.3 is 5.97 Å². The van der Waals surface area contributed by atoms with E-state index in [2.05, 4.69) is 0 Å². The maximum Gasteiger partial charge on any atom is 0.308 e. The van der Waals surface area contributed by atoms with Gasteiger partial charge in [-0.2, -0.15) is 0 Å². The van der Waals surface area contributed by atoms with Crippen LogP contribution in [0.5, 0.6) is 17.2 Å². The third kappa shape index (κ3) is 7.81. The van der Waals surface area contributed by atoms with Gasteiger partial charge in [0.1, 0.15) is 23.4 Å². The molecule has 0 aromatic heterocycles. The number of aromatic hydroxyl groups is 1. The van der Waals surface area contributed by atoms with Crippen LogP contribution in [0.1, 0.15) is 101 Å². The molecule has 4 unspecified atom stereocenters. The number of carbonyl (C=O) groups is 4. The SMILES string of the molecule is CC(=O)Oc1cc(CO)c2c(c1C=Cc1cccc(CCCO)c1)C(=O)c1cc(OC3OC(C)C(O)C(O)(O)C3O)c(Cc3cccc(CO)c3C=O)c(O)c1C2=O. The molecule has 1 heterocycles. The Morgan fingerprint density at radius 2 is 1.55 bits per heavy atom. The fourth-order valence-electron chi connectivity index (χ4n) is 7.29. The first-order chi connectivity index (χ1) is 27.7. The van der Waals surface area contributed by atoms with Crippen molar-refractivity contribution in [1.29, 1.82) is 0 Å². The van der Waals surface area contributed by atoms with Crippen LogP contribution in [0.4, 0.5) is 0 Å². The molecule has 4 aromatic carbocycles. The lowest BCUT2D eigenvalue weighted by Gasteiger charge is -2.44. The molecule has 15 nitrogen and oxygen atoms in total. The maximum atomic E-state index is 14.8. The zero-order chi connectivity index (χ0) is 42.1. The second-order valence-electron chi connectivity index (χ2n) is 14.1. The number of rotatable bonds is 13. The number of aryl methyl sites for hydroxylation is 1. The molecule has 304 valence electrons. The van der Waals surface area contributed by atoms with Crippen LogP contribution in [0, 0.1) is 0 Å². The monoisotopic (exact) mass is 798 g/mol. The van der Waals surface area contributed by atoms with Gasteiger partial charge < -0.3 is 55.1 Å². The first kappa shape index (κ1) is 42.0. The summed E-state index contributed by atoms with van der Waals surface area (Å²) < 4.78 is 17.0. The third-order valence-corrected chi connectivity index (χ3v) is 10.3. The Morgan fingerprint density at radius 1 is 0.845 bits per heavy atom. The molecule has 0 saturated carbocycles. The number of ketones is 2. The number of aliphatic hydroxyl groups excluding tert-OH is 5. The summed E-state index contributed by atoms with van der Waals surface area (Å²) in [4.78, 5) is 54.0. The summed E-state index contributed by atoms with van der Waals surface area (Å²) in [5, 5.41) is 84.0. The fraction of sp³-hybridized carbons (Fsp3) is 0.302. The van der Waals surface area contributed by atoms with Crippen molar-refractivity contribution in [1.82, 2.24) is 0 Å². The Kier molecular flexibility index (Phi) is 12.4. The van der Waals surface area contributed by atoms with Crippen LogP contribution < -0.4 is 9.47 Å². The second kappa shape index (κ2) is 17.1. The topological polar surface area (TPSA) is 258 Å². The van der Waals surface area contributed by atoms with Crippen molar-refractivity contribution in [2.75, 3.05) is 6.61 Å². The molecule has 15 heteroatoms. The molecule has 1 saturated heterocycles. The molecule has 4 aromatic rings. The number of esters is 1. The summed E-state index contributed by atoms with van der Waals surface area (Å²) in [6.45, 7) is 1.08. The summed E-state index contributed by atoms with van der Waals surface area (Å²) in [5.41, 5.74) is 0.208.